The van der Waals surface area contributed by atoms with Crippen LogP contribution in [0.15, 0.2) is 11.1 Å². The van der Waals surface area contributed by atoms with Crippen LogP contribution >= 0.6 is 0 Å². The second-order valence-electron chi connectivity index (χ2n) is 6.73. The second-order valence-corrected chi connectivity index (χ2v) is 6.73. The average Bonchev–Trinajstić information content (AvgIpc) is 3.30. The number of rotatable bonds is 5. The zero-order valence-corrected chi connectivity index (χ0v) is 14.4. The minimum absolute atomic E-state index is 0.154. The van der Waals surface area contributed by atoms with Gasteiger partial charge in [-0.05, 0) is 25.7 Å². The van der Waals surface area contributed by atoms with Gasteiger partial charge in [-0.25, -0.2) is 4.98 Å². The lowest BCUT2D eigenvalue weighted by Gasteiger charge is -2.11. The number of nitrogens with zero attached hydrogens (tertiary/aromatic N) is 6. The van der Waals surface area contributed by atoms with Crippen molar-refractivity contribution < 1.29 is 0 Å². The molecule has 4 rings (SSSR count). The van der Waals surface area contributed by atoms with Crippen LogP contribution in [0.25, 0.3) is 16.9 Å². The summed E-state index contributed by atoms with van der Waals surface area (Å²) < 4.78 is 5.65. The molecule has 1 aliphatic carbocycles. The minimum atomic E-state index is -0.154. The molecule has 24 heavy (non-hydrogen) atoms. The van der Waals surface area contributed by atoms with Crippen molar-refractivity contribution in [3.63, 3.8) is 0 Å². The van der Waals surface area contributed by atoms with E-state index < -0.39 is 0 Å². The molecule has 0 spiro atoms. The number of hydrogen-bond donors (Lipinski definition) is 0. The molecule has 0 N–H and O–H groups in total. The summed E-state index contributed by atoms with van der Waals surface area (Å²) in [6.45, 7) is 5.91. The highest BCUT2D eigenvalue weighted by Crippen LogP contribution is 2.32. The second kappa shape index (κ2) is 6.03. The molecule has 0 unspecified atom stereocenters. The third-order valence-corrected chi connectivity index (χ3v) is 4.94. The molecule has 7 heteroatoms. The van der Waals surface area contributed by atoms with E-state index in [1.54, 1.807) is 6.33 Å². The van der Waals surface area contributed by atoms with Crippen LogP contribution in [0.3, 0.4) is 0 Å². The van der Waals surface area contributed by atoms with Crippen molar-refractivity contribution >= 4 is 16.9 Å². The van der Waals surface area contributed by atoms with Crippen LogP contribution in [0.5, 0.6) is 0 Å². The fourth-order valence-electron chi connectivity index (χ4n) is 3.83. The van der Waals surface area contributed by atoms with E-state index in [1.165, 1.54) is 17.4 Å². The quantitative estimate of drug-likeness (QED) is 0.722. The van der Waals surface area contributed by atoms with E-state index >= 15 is 0 Å². The summed E-state index contributed by atoms with van der Waals surface area (Å²) in [5.74, 6) is 1.88. The first-order chi connectivity index (χ1) is 11.7. The number of imidazole rings is 1. The van der Waals surface area contributed by atoms with Crippen LogP contribution in [-0.2, 0) is 13.1 Å². The van der Waals surface area contributed by atoms with E-state index in [4.69, 9.17) is 4.98 Å². The standard InChI is InChI=1S/C17H24N6O/c1-3-9-21-11-18-13-15(21)22(10-4-2)17-19-14(12-7-5-6-8-12)20-23(17)16(13)24/h11-12H,3-10H2,1-2H3. The molecule has 3 heterocycles. The van der Waals surface area contributed by atoms with Gasteiger partial charge in [0.25, 0.3) is 0 Å². The van der Waals surface area contributed by atoms with Gasteiger partial charge in [0.1, 0.15) is 5.65 Å². The van der Waals surface area contributed by atoms with Gasteiger partial charge in [0.05, 0.1) is 6.33 Å². The van der Waals surface area contributed by atoms with Crippen molar-refractivity contribution in [2.24, 2.45) is 0 Å². The van der Waals surface area contributed by atoms with Gasteiger partial charge in [0, 0.05) is 19.0 Å². The summed E-state index contributed by atoms with van der Waals surface area (Å²) in [5.41, 5.74) is 1.22. The molecule has 1 fully saturated rings. The Hall–Kier alpha value is -2.18. The largest absolute Gasteiger partial charge is 0.316 e. The van der Waals surface area contributed by atoms with Crippen LogP contribution in [0, 0.1) is 0 Å². The topological polar surface area (TPSA) is 70.0 Å². The van der Waals surface area contributed by atoms with Gasteiger partial charge in [-0.2, -0.15) is 9.50 Å². The van der Waals surface area contributed by atoms with E-state index in [0.29, 0.717) is 17.2 Å². The van der Waals surface area contributed by atoms with E-state index in [1.807, 2.05) is 0 Å². The van der Waals surface area contributed by atoms with Gasteiger partial charge in [-0.1, -0.05) is 26.7 Å². The summed E-state index contributed by atoms with van der Waals surface area (Å²) in [6.07, 6.45) is 8.43. The molecular formula is C17H24N6O. The molecule has 0 bridgehead atoms. The van der Waals surface area contributed by atoms with E-state index in [2.05, 4.69) is 33.1 Å². The fourth-order valence-corrected chi connectivity index (χ4v) is 3.83. The molecular weight excluding hydrogens is 304 g/mol. The molecule has 3 aromatic rings. The number of hydrogen-bond acceptors (Lipinski definition) is 4. The molecule has 1 saturated carbocycles. The number of fused-ring (bicyclic) bond motifs is 2. The van der Waals surface area contributed by atoms with E-state index in [0.717, 1.165) is 50.2 Å². The third kappa shape index (κ3) is 2.25. The third-order valence-electron chi connectivity index (χ3n) is 4.94. The first kappa shape index (κ1) is 15.4. The number of aromatic nitrogens is 6. The van der Waals surface area contributed by atoms with Gasteiger partial charge < -0.3 is 4.57 Å². The predicted molar refractivity (Wildman–Crippen MR) is 92.3 cm³/mol. The van der Waals surface area contributed by atoms with Gasteiger partial charge in [-0.3, -0.25) is 9.36 Å². The van der Waals surface area contributed by atoms with E-state index in [-0.39, 0.29) is 5.56 Å². The van der Waals surface area contributed by atoms with Crippen LogP contribution < -0.4 is 5.56 Å². The molecule has 0 saturated heterocycles. The molecule has 0 radical (unpaired) electrons. The lowest BCUT2D eigenvalue weighted by Crippen LogP contribution is -2.21. The smallest absolute Gasteiger partial charge is 0.303 e. The van der Waals surface area contributed by atoms with Crippen molar-refractivity contribution in [2.45, 2.75) is 71.4 Å². The zero-order valence-electron chi connectivity index (χ0n) is 14.4. The van der Waals surface area contributed by atoms with Crippen molar-refractivity contribution in [1.82, 2.24) is 28.7 Å². The SMILES string of the molecule is CCCn1cnc2c(=O)n3nc(C4CCCC4)nc3n(CCC)c21. The summed E-state index contributed by atoms with van der Waals surface area (Å²) in [6, 6.07) is 0. The minimum Gasteiger partial charge on any atom is -0.316 e. The fraction of sp³-hybridized carbons (Fsp3) is 0.647. The predicted octanol–water partition coefficient (Wildman–Crippen LogP) is 2.72. The Morgan fingerprint density at radius 3 is 2.62 bits per heavy atom. The Morgan fingerprint density at radius 1 is 1.17 bits per heavy atom. The first-order valence-corrected chi connectivity index (χ1v) is 9.08. The molecule has 0 aliphatic heterocycles. The van der Waals surface area contributed by atoms with Crippen molar-refractivity contribution in [2.75, 3.05) is 0 Å². The van der Waals surface area contributed by atoms with Crippen LogP contribution in [0.4, 0.5) is 0 Å². The van der Waals surface area contributed by atoms with Crippen molar-refractivity contribution in [1.29, 1.82) is 0 Å². The van der Waals surface area contributed by atoms with E-state index in [9.17, 15) is 4.79 Å². The lowest BCUT2D eigenvalue weighted by atomic mass is 10.1. The molecule has 1 aliphatic rings. The first-order valence-electron chi connectivity index (χ1n) is 9.08. The zero-order chi connectivity index (χ0) is 16.7. The van der Waals surface area contributed by atoms with Crippen molar-refractivity contribution in [3.8, 4) is 0 Å². The Kier molecular flexibility index (Phi) is 3.86. The Morgan fingerprint density at radius 2 is 1.92 bits per heavy atom. The molecule has 128 valence electrons. The molecule has 7 nitrogen and oxygen atoms in total. The van der Waals surface area contributed by atoms with Gasteiger partial charge >= 0.3 is 5.56 Å². The molecule has 0 atom stereocenters. The highest BCUT2D eigenvalue weighted by atomic mass is 16.1. The molecule has 0 amide bonds. The van der Waals surface area contributed by atoms with Gasteiger partial charge in [0.2, 0.25) is 5.78 Å². The summed E-state index contributed by atoms with van der Waals surface area (Å²) in [4.78, 5) is 22.0. The Balaban J connectivity index is 2.00. The normalized spacial score (nSPS) is 15.9. The van der Waals surface area contributed by atoms with Crippen LogP contribution in [0.2, 0.25) is 0 Å². The summed E-state index contributed by atoms with van der Waals surface area (Å²) >= 11 is 0. The maximum atomic E-state index is 12.9. The maximum absolute atomic E-state index is 12.9. The lowest BCUT2D eigenvalue weighted by molar-refractivity contribution is 0.638. The Labute approximate surface area is 140 Å². The van der Waals surface area contributed by atoms with Crippen molar-refractivity contribution in [3.05, 3.63) is 22.5 Å². The van der Waals surface area contributed by atoms with Gasteiger partial charge in [0.15, 0.2) is 11.3 Å². The highest BCUT2D eigenvalue weighted by Gasteiger charge is 2.24. The Bertz CT molecular complexity index is 928. The summed E-state index contributed by atoms with van der Waals surface area (Å²) in [7, 11) is 0. The van der Waals surface area contributed by atoms with Crippen LogP contribution in [0.1, 0.15) is 64.1 Å². The molecule has 0 aromatic carbocycles. The monoisotopic (exact) mass is 328 g/mol. The maximum Gasteiger partial charge on any atom is 0.303 e. The molecule has 3 aromatic heterocycles. The average molecular weight is 328 g/mol. The number of aryl methyl sites for hydroxylation is 2. The van der Waals surface area contributed by atoms with Crippen LogP contribution in [-0.4, -0.2) is 28.7 Å². The summed E-state index contributed by atoms with van der Waals surface area (Å²) in [5, 5.41) is 4.57. The highest BCUT2D eigenvalue weighted by molar-refractivity contribution is 5.72. The van der Waals surface area contributed by atoms with Gasteiger partial charge in [-0.15, -0.1) is 5.10 Å².